The number of carbonyl (C=O) groups excluding carboxylic acids is 2. The van der Waals surface area contributed by atoms with Crippen molar-refractivity contribution in [3.8, 4) is 0 Å². The molecule has 0 aliphatic carbocycles. The van der Waals surface area contributed by atoms with Crippen LogP contribution in [0.5, 0.6) is 0 Å². The second-order valence-electron chi connectivity index (χ2n) is 10.8. The van der Waals surface area contributed by atoms with E-state index in [2.05, 4.69) is 28.8 Å². The van der Waals surface area contributed by atoms with E-state index in [0.717, 1.165) is 48.2 Å². The Hall–Kier alpha value is -4.98. The lowest BCUT2D eigenvalue weighted by molar-refractivity contribution is -0.120. The van der Waals surface area contributed by atoms with Crippen molar-refractivity contribution < 1.29 is 9.59 Å². The molecule has 1 unspecified atom stereocenters. The number of hydrogen-bond acceptors (Lipinski definition) is 5. The molecule has 0 radical (unpaired) electrons. The number of amides is 2. The van der Waals surface area contributed by atoms with Crippen LogP contribution in [0.15, 0.2) is 138 Å². The molecule has 220 valence electrons. The maximum atomic E-state index is 13.9. The first kappa shape index (κ1) is 28.8. The molecule has 0 aliphatic heterocycles. The minimum atomic E-state index is -0.711. The summed E-state index contributed by atoms with van der Waals surface area (Å²) in [6, 6.07) is 44.0. The van der Waals surface area contributed by atoms with Crippen molar-refractivity contribution in [2.45, 2.75) is 22.4 Å². The van der Waals surface area contributed by atoms with Gasteiger partial charge in [-0.1, -0.05) is 127 Å². The molecule has 45 heavy (non-hydrogen) atoms. The molecule has 1 aromatic heterocycles. The fraction of sp³-hybridized carbons (Fsp3) is 0.0789. The summed E-state index contributed by atoms with van der Waals surface area (Å²) in [5.41, 5.74) is 4.75. The van der Waals surface area contributed by atoms with Gasteiger partial charge in [0.1, 0.15) is 0 Å². The van der Waals surface area contributed by atoms with E-state index in [1.54, 1.807) is 11.3 Å². The highest BCUT2D eigenvalue weighted by Gasteiger charge is 2.26. The van der Waals surface area contributed by atoms with E-state index in [-0.39, 0.29) is 18.2 Å². The molecule has 7 rings (SSSR count). The lowest BCUT2D eigenvalue weighted by atomic mass is 10.0. The Kier molecular flexibility index (Phi) is 8.27. The molecule has 2 N–H and O–H groups in total. The fourth-order valence-corrected chi connectivity index (χ4v) is 7.95. The number of thioether (sulfide) groups is 1. The van der Waals surface area contributed by atoms with Gasteiger partial charge in [-0.25, -0.2) is 4.98 Å². The van der Waals surface area contributed by atoms with Crippen LogP contribution >= 0.6 is 23.1 Å². The molecular weight excluding hydrogens is 595 g/mol. The van der Waals surface area contributed by atoms with Gasteiger partial charge in [0.25, 0.3) is 0 Å². The average Bonchev–Trinajstić information content (AvgIpc) is 3.49. The van der Waals surface area contributed by atoms with Crippen molar-refractivity contribution in [1.29, 1.82) is 0 Å². The molecule has 0 spiro atoms. The van der Waals surface area contributed by atoms with Crippen molar-refractivity contribution in [2.24, 2.45) is 0 Å². The number of fused-ring (bicyclic) bond motifs is 3. The summed E-state index contributed by atoms with van der Waals surface area (Å²) in [6.07, 6.45) is 0.778. The lowest BCUT2D eigenvalue weighted by Crippen LogP contribution is -2.29. The van der Waals surface area contributed by atoms with Gasteiger partial charge >= 0.3 is 0 Å². The molecule has 5 nitrogen and oxygen atoms in total. The third-order valence-electron chi connectivity index (χ3n) is 7.73. The first-order chi connectivity index (χ1) is 22.1. The molecule has 0 aliphatic rings. The number of hydrogen-bond donors (Lipinski definition) is 2. The van der Waals surface area contributed by atoms with Gasteiger partial charge in [0.05, 0.1) is 15.5 Å². The fourth-order valence-electron chi connectivity index (χ4n) is 5.55. The third-order valence-corrected chi connectivity index (χ3v) is 10.2. The lowest BCUT2D eigenvalue weighted by Gasteiger charge is -2.17. The summed E-state index contributed by atoms with van der Waals surface area (Å²) in [7, 11) is 0. The zero-order chi connectivity index (χ0) is 30.6. The molecule has 7 aromatic rings. The number of benzene rings is 6. The summed E-state index contributed by atoms with van der Waals surface area (Å²) in [6.45, 7) is 0. The Morgan fingerprint density at radius 3 is 1.98 bits per heavy atom. The molecule has 0 saturated carbocycles. The van der Waals surface area contributed by atoms with E-state index in [0.29, 0.717) is 5.69 Å². The molecule has 7 heteroatoms. The first-order valence-corrected chi connectivity index (χ1v) is 16.5. The van der Waals surface area contributed by atoms with Crippen molar-refractivity contribution >= 4 is 78.0 Å². The van der Waals surface area contributed by atoms with Crippen LogP contribution in [0.25, 0.3) is 31.8 Å². The summed E-state index contributed by atoms with van der Waals surface area (Å²) >= 11 is 2.91. The Labute approximate surface area is 269 Å². The summed E-state index contributed by atoms with van der Waals surface area (Å²) < 4.78 is 1.85. The number of nitrogens with zero attached hydrogens (tertiary/aromatic N) is 1. The number of aromatic nitrogens is 1. The van der Waals surface area contributed by atoms with E-state index in [9.17, 15) is 9.59 Å². The van der Waals surface area contributed by atoms with Gasteiger partial charge in [-0.05, 0) is 46.5 Å². The maximum absolute atomic E-state index is 13.9. The number of rotatable bonds is 9. The maximum Gasteiger partial charge on any atom is 0.238 e. The predicted octanol–water partition coefficient (Wildman–Crippen LogP) is 9.32. The van der Waals surface area contributed by atoms with Gasteiger partial charge < -0.3 is 10.6 Å². The number of carbonyl (C=O) groups is 2. The Morgan fingerprint density at radius 2 is 1.27 bits per heavy atom. The highest BCUT2D eigenvalue weighted by molar-refractivity contribution is 8.02. The standard InChI is InChI=1S/C38H29N3O2S2/c42-35(39-31-20-8-15-26-13-4-6-18-29(26)31)24-34(37(43)40-32-21-9-16-27-14-5-7-19-30(27)32)44-38-41-33-22-10-17-28(36(33)45-38)23-25-11-2-1-3-12-25/h1-22,34H,23-24H2,(H,39,42)(H,40,43). The van der Waals surface area contributed by atoms with Crippen LogP contribution in [0.2, 0.25) is 0 Å². The third kappa shape index (κ3) is 6.45. The molecule has 6 aromatic carbocycles. The van der Waals surface area contributed by atoms with Crippen LogP contribution in [0.1, 0.15) is 17.5 Å². The Morgan fingerprint density at radius 1 is 0.667 bits per heavy atom. The van der Waals surface area contributed by atoms with Crippen LogP contribution in [0.3, 0.4) is 0 Å². The smallest absolute Gasteiger partial charge is 0.238 e. The van der Waals surface area contributed by atoms with E-state index >= 15 is 0 Å². The summed E-state index contributed by atoms with van der Waals surface area (Å²) in [5, 5.41) is 9.44. The highest BCUT2D eigenvalue weighted by atomic mass is 32.2. The molecule has 0 fully saturated rings. The van der Waals surface area contributed by atoms with E-state index in [1.165, 1.54) is 22.9 Å². The number of anilines is 2. The summed E-state index contributed by atoms with van der Waals surface area (Å²) in [5.74, 6) is -0.476. The monoisotopic (exact) mass is 623 g/mol. The van der Waals surface area contributed by atoms with E-state index in [1.807, 2.05) is 115 Å². The second kappa shape index (κ2) is 12.9. The largest absolute Gasteiger partial charge is 0.325 e. The molecule has 0 bridgehead atoms. The van der Waals surface area contributed by atoms with Crippen molar-refractivity contribution in [2.75, 3.05) is 10.6 Å². The van der Waals surface area contributed by atoms with Gasteiger partial charge in [-0.2, -0.15) is 0 Å². The van der Waals surface area contributed by atoms with Gasteiger partial charge in [0, 0.05) is 28.6 Å². The molecule has 0 saturated heterocycles. The normalized spacial score (nSPS) is 11.9. The predicted molar refractivity (Wildman–Crippen MR) is 188 cm³/mol. The van der Waals surface area contributed by atoms with Crippen molar-refractivity contribution in [3.63, 3.8) is 0 Å². The second-order valence-corrected chi connectivity index (χ2v) is 13.3. The zero-order valence-corrected chi connectivity index (χ0v) is 25.9. The number of thiazole rings is 1. The first-order valence-electron chi connectivity index (χ1n) is 14.8. The summed E-state index contributed by atoms with van der Waals surface area (Å²) in [4.78, 5) is 32.4. The molecule has 1 atom stereocenters. The van der Waals surface area contributed by atoms with Crippen LogP contribution in [0.4, 0.5) is 11.4 Å². The van der Waals surface area contributed by atoms with Gasteiger partial charge in [0.2, 0.25) is 11.8 Å². The van der Waals surface area contributed by atoms with Gasteiger partial charge in [-0.15, -0.1) is 11.3 Å². The minimum Gasteiger partial charge on any atom is -0.325 e. The van der Waals surface area contributed by atoms with Gasteiger partial charge in [-0.3, -0.25) is 9.59 Å². The van der Waals surface area contributed by atoms with E-state index < -0.39 is 5.25 Å². The van der Waals surface area contributed by atoms with Crippen molar-refractivity contribution in [1.82, 2.24) is 4.98 Å². The Bertz CT molecular complexity index is 2150. The van der Waals surface area contributed by atoms with Crippen LogP contribution in [0, 0.1) is 0 Å². The highest BCUT2D eigenvalue weighted by Crippen LogP contribution is 2.37. The average molecular weight is 624 g/mol. The SMILES string of the molecule is O=C(CC(Sc1nc2cccc(Cc3ccccc3)c2s1)C(=O)Nc1cccc2ccccc12)Nc1cccc2ccccc12. The quantitative estimate of drug-likeness (QED) is 0.157. The molecule has 1 heterocycles. The van der Waals surface area contributed by atoms with Crippen LogP contribution < -0.4 is 10.6 Å². The number of nitrogens with one attached hydrogen (secondary N) is 2. The minimum absolute atomic E-state index is 0.0166. The van der Waals surface area contributed by atoms with Gasteiger partial charge in [0.15, 0.2) is 4.34 Å². The van der Waals surface area contributed by atoms with E-state index in [4.69, 9.17) is 4.98 Å². The molecular formula is C38H29N3O2S2. The topological polar surface area (TPSA) is 71.1 Å². The zero-order valence-electron chi connectivity index (χ0n) is 24.3. The van der Waals surface area contributed by atoms with Crippen LogP contribution in [-0.4, -0.2) is 22.0 Å². The Balaban J connectivity index is 1.18. The molecule has 2 amide bonds. The van der Waals surface area contributed by atoms with Crippen LogP contribution in [-0.2, 0) is 16.0 Å². The van der Waals surface area contributed by atoms with Crippen molar-refractivity contribution in [3.05, 3.63) is 145 Å².